The summed E-state index contributed by atoms with van der Waals surface area (Å²) in [5, 5.41) is 0. The summed E-state index contributed by atoms with van der Waals surface area (Å²) in [6, 6.07) is 7.15. The molecule has 1 saturated heterocycles. The van der Waals surface area contributed by atoms with Crippen LogP contribution < -0.4 is 4.74 Å². The van der Waals surface area contributed by atoms with Crippen LogP contribution in [0.1, 0.15) is 37.0 Å². The van der Waals surface area contributed by atoms with Crippen LogP contribution in [0.25, 0.3) is 0 Å². The van der Waals surface area contributed by atoms with E-state index in [9.17, 15) is 9.59 Å². The minimum atomic E-state index is -0.576. The smallest absolute Gasteiger partial charge is 0.313 e. The quantitative estimate of drug-likeness (QED) is 0.784. The van der Waals surface area contributed by atoms with Gasteiger partial charge in [-0.1, -0.05) is 19.1 Å². The third kappa shape index (κ3) is 2.93. The Kier molecular flexibility index (Phi) is 5.06. The number of esters is 1. The maximum absolute atomic E-state index is 12.7. The standard InChI is InChI=1S/C17H23NO4/c1-4-17(16(20)22-5-2)10-11-18(12-17)15(19)13-8-6-7-9-14(13)21-3/h6-9H,4-5,10-12H2,1-3H3. The molecule has 1 fully saturated rings. The van der Waals surface area contributed by atoms with Crippen LogP contribution in [-0.4, -0.2) is 43.6 Å². The number of carbonyl (C=O) groups excluding carboxylic acids is 2. The van der Waals surface area contributed by atoms with Crippen molar-refractivity contribution >= 4 is 11.9 Å². The predicted molar refractivity (Wildman–Crippen MR) is 82.9 cm³/mol. The summed E-state index contributed by atoms with van der Waals surface area (Å²) in [6.45, 7) is 5.09. The van der Waals surface area contributed by atoms with E-state index in [0.29, 0.717) is 43.9 Å². The molecule has 1 aromatic rings. The van der Waals surface area contributed by atoms with Gasteiger partial charge in [-0.25, -0.2) is 0 Å². The van der Waals surface area contributed by atoms with E-state index < -0.39 is 5.41 Å². The van der Waals surface area contributed by atoms with Gasteiger partial charge in [-0.2, -0.15) is 0 Å². The van der Waals surface area contributed by atoms with Crippen LogP contribution in [0, 0.1) is 5.41 Å². The van der Waals surface area contributed by atoms with E-state index in [1.54, 1.807) is 31.1 Å². The highest BCUT2D eigenvalue weighted by atomic mass is 16.5. The topological polar surface area (TPSA) is 55.8 Å². The average Bonchev–Trinajstić information content (AvgIpc) is 3.00. The fourth-order valence-corrected chi connectivity index (χ4v) is 2.92. The van der Waals surface area contributed by atoms with E-state index in [1.807, 2.05) is 19.1 Å². The van der Waals surface area contributed by atoms with Gasteiger partial charge in [-0.05, 0) is 31.9 Å². The highest BCUT2D eigenvalue weighted by Gasteiger charge is 2.46. The van der Waals surface area contributed by atoms with Crippen LogP contribution in [0.2, 0.25) is 0 Å². The van der Waals surface area contributed by atoms with Crippen LogP contribution in [0.3, 0.4) is 0 Å². The lowest BCUT2D eigenvalue weighted by Crippen LogP contribution is -2.37. The Bertz CT molecular complexity index is 557. The highest BCUT2D eigenvalue weighted by molar-refractivity contribution is 5.97. The lowest BCUT2D eigenvalue weighted by atomic mass is 9.84. The molecule has 0 N–H and O–H groups in total. The third-order valence-corrected chi connectivity index (χ3v) is 4.36. The van der Waals surface area contributed by atoms with Crippen molar-refractivity contribution in [3.8, 4) is 5.75 Å². The van der Waals surface area contributed by atoms with Crippen molar-refractivity contribution in [2.75, 3.05) is 26.8 Å². The second-order valence-electron chi connectivity index (χ2n) is 5.53. The van der Waals surface area contributed by atoms with Gasteiger partial charge >= 0.3 is 5.97 Å². The molecule has 5 heteroatoms. The third-order valence-electron chi connectivity index (χ3n) is 4.36. The fourth-order valence-electron chi connectivity index (χ4n) is 2.92. The monoisotopic (exact) mass is 305 g/mol. The Labute approximate surface area is 131 Å². The van der Waals surface area contributed by atoms with E-state index in [4.69, 9.17) is 9.47 Å². The zero-order valence-electron chi connectivity index (χ0n) is 13.4. The fraction of sp³-hybridized carbons (Fsp3) is 0.529. The lowest BCUT2D eigenvalue weighted by molar-refractivity contribution is -0.154. The average molecular weight is 305 g/mol. The zero-order valence-corrected chi connectivity index (χ0v) is 13.4. The maximum atomic E-state index is 12.7. The number of amides is 1. The molecule has 5 nitrogen and oxygen atoms in total. The molecule has 0 radical (unpaired) electrons. The van der Waals surface area contributed by atoms with Crippen LogP contribution >= 0.6 is 0 Å². The SMILES string of the molecule is CCOC(=O)C1(CC)CCN(C(=O)c2ccccc2OC)C1. The first kappa shape index (κ1) is 16.3. The predicted octanol–water partition coefficient (Wildman–Crippen LogP) is 2.50. The molecule has 0 saturated carbocycles. The molecule has 1 atom stereocenters. The van der Waals surface area contributed by atoms with Crippen LogP contribution in [0.4, 0.5) is 0 Å². The van der Waals surface area contributed by atoms with Crippen molar-refractivity contribution < 1.29 is 19.1 Å². The number of nitrogens with zero attached hydrogens (tertiary/aromatic N) is 1. The molecule has 1 aromatic carbocycles. The second-order valence-corrected chi connectivity index (χ2v) is 5.53. The first-order valence-electron chi connectivity index (χ1n) is 7.67. The van der Waals surface area contributed by atoms with E-state index >= 15 is 0 Å². The number of ether oxygens (including phenoxy) is 2. The number of rotatable bonds is 5. The molecular formula is C17H23NO4. The summed E-state index contributed by atoms with van der Waals surface area (Å²) < 4.78 is 10.4. The van der Waals surface area contributed by atoms with Crippen molar-refractivity contribution in [2.24, 2.45) is 5.41 Å². The number of likely N-dealkylation sites (tertiary alicyclic amines) is 1. The van der Waals surface area contributed by atoms with Crippen molar-refractivity contribution in [3.63, 3.8) is 0 Å². The Morgan fingerprint density at radius 3 is 2.64 bits per heavy atom. The molecule has 1 aliphatic heterocycles. The molecule has 2 rings (SSSR count). The highest BCUT2D eigenvalue weighted by Crippen LogP contribution is 2.36. The normalized spacial score (nSPS) is 20.8. The van der Waals surface area contributed by atoms with Crippen molar-refractivity contribution in [2.45, 2.75) is 26.7 Å². The molecule has 22 heavy (non-hydrogen) atoms. The molecule has 1 heterocycles. The van der Waals surface area contributed by atoms with E-state index in [-0.39, 0.29) is 11.9 Å². The summed E-state index contributed by atoms with van der Waals surface area (Å²) in [7, 11) is 1.55. The van der Waals surface area contributed by atoms with E-state index in [1.165, 1.54) is 0 Å². The van der Waals surface area contributed by atoms with E-state index in [2.05, 4.69) is 0 Å². The van der Waals surface area contributed by atoms with Gasteiger partial charge in [0.15, 0.2) is 0 Å². The molecule has 0 spiro atoms. The van der Waals surface area contributed by atoms with Crippen molar-refractivity contribution in [1.29, 1.82) is 0 Å². The largest absolute Gasteiger partial charge is 0.496 e. The van der Waals surface area contributed by atoms with Crippen LogP contribution in [-0.2, 0) is 9.53 Å². The lowest BCUT2D eigenvalue weighted by Gasteiger charge is -2.25. The van der Waals surface area contributed by atoms with Gasteiger partial charge in [-0.3, -0.25) is 9.59 Å². The minimum Gasteiger partial charge on any atom is -0.496 e. The van der Waals surface area contributed by atoms with E-state index in [0.717, 1.165) is 0 Å². The summed E-state index contributed by atoms with van der Waals surface area (Å²) in [5.41, 5.74) is -0.0472. The summed E-state index contributed by atoms with van der Waals surface area (Å²) in [4.78, 5) is 26.7. The van der Waals surface area contributed by atoms with Gasteiger partial charge in [0.25, 0.3) is 5.91 Å². The Morgan fingerprint density at radius 1 is 1.27 bits per heavy atom. The Balaban J connectivity index is 2.18. The molecule has 0 aromatic heterocycles. The number of carbonyl (C=O) groups is 2. The van der Waals surface area contributed by atoms with Gasteiger partial charge in [0.2, 0.25) is 0 Å². The Morgan fingerprint density at radius 2 is 2.00 bits per heavy atom. The minimum absolute atomic E-state index is 0.0999. The second kappa shape index (κ2) is 6.81. The summed E-state index contributed by atoms with van der Waals surface area (Å²) in [6.07, 6.45) is 1.31. The molecule has 1 amide bonds. The molecule has 0 bridgehead atoms. The molecular weight excluding hydrogens is 282 g/mol. The molecule has 0 aliphatic carbocycles. The first-order valence-corrected chi connectivity index (χ1v) is 7.67. The van der Waals surface area contributed by atoms with Crippen LogP contribution in [0.5, 0.6) is 5.75 Å². The molecule has 120 valence electrons. The number of methoxy groups -OCH3 is 1. The molecule has 1 unspecified atom stereocenters. The number of hydrogen-bond acceptors (Lipinski definition) is 4. The zero-order chi connectivity index (χ0) is 16.2. The van der Waals surface area contributed by atoms with Gasteiger partial charge in [0, 0.05) is 13.1 Å². The van der Waals surface area contributed by atoms with Crippen LogP contribution in [0.15, 0.2) is 24.3 Å². The van der Waals surface area contributed by atoms with Gasteiger partial charge in [0.05, 0.1) is 24.7 Å². The first-order chi connectivity index (χ1) is 10.6. The van der Waals surface area contributed by atoms with Gasteiger partial charge in [-0.15, -0.1) is 0 Å². The van der Waals surface area contributed by atoms with Gasteiger partial charge in [0.1, 0.15) is 5.75 Å². The number of hydrogen-bond donors (Lipinski definition) is 0. The number of para-hydroxylation sites is 1. The summed E-state index contributed by atoms with van der Waals surface area (Å²) >= 11 is 0. The van der Waals surface area contributed by atoms with Crippen molar-refractivity contribution in [3.05, 3.63) is 29.8 Å². The molecule has 1 aliphatic rings. The Hall–Kier alpha value is -2.04. The maximum Gasteiger partial charge on any atom is 0.313 e. The summed E-state index contributed by atoms with van der Waals surface area (Å²) in [5.74, 6) is 0.252. The van der Waals surface area contributed by atoms with Crippen molar-refractivity contribution in [1.82, 2.24) is 4.90 Å². The van der Waals surface area contributed by atoms with Gasteiger partial charge < -0.3 is 14.4 Å². The number of benzene rings is 1.